The zero-order chi connectivity index (χ0) is 19.6. The molecular weight excluding hydrogens is 393 g/mol. The van der Waals surface area contributed by atoms with E-state index in [0.717, 1.165) is 30.3 Å². The Labute approximate surface area is 148 Å². The Morgan fingerprint density at radius 1 is 0.923 bits per heavy atom. The number of halogens is 3. The molecule has 0 spiro atoms. The van der Waals surface area contributed by atoms with Crippen molar-refractivity contribution >= 4 is 31.8 Å². The smallest absolute Gasteiger partial charge is 0.279 e. The first kappa shape index (κ1) is 19.9. The van der Waals surface area contributed by atoms with Crippen LogP contribution in [-0.2, 0) is 26.2 Å². The molecule has 0 amide bonds. The van der Waals surface area contributed by atoms with Gasteiger partial charge in [-0.25, -0.2) is 22.0 Å². The van der Waals surface area contributed by atoms with Crippen molar-refractivity contribution in [2.24, 2.45) is 5.14 Å². The van der Waals surface area contributed by atoms with Crippen molar-refractivity contribution in [2.75, 3.05) is 4.72 Å². The van der Waals surface area contributed by atoms with Gasteiger partial charge in [0.1, 0.15) is 4.90 Å². The van der Waals surface area contributed by atoms with Crippen molar-refractivity contribution in [1.82, 2.24) is 0 Å². The molecule has 2 rings (SSSR count). The highest BCUT2D eigenvalue weighted by molar-refractivity contribution is 7.95. The lowest BCUT2D eigenvalue weighted by atomic mass is 10.1. The SMILES string of the molecule is NS(=O)(=O)c1ccccc1NS(=O)(=O)C=Cc1ccccc1C(F)(F)F. The Hall–Kier alpha value is -2.37. The van der Waals surface area contributed by atoms with Gasteiger partial charge in [0.25, 0.3) is 10.0 Å². The summed E-state index contributed by atoms with van der Waals surface area (Å²) < 4.78 is 87.9. The lowest BCUT2D eigenvalue weighted by molar-refractivity contribution is -0.137. The van der Waals surface area contributed by atoms with Crippen molar-refractivity contribution in [1.29, 1.82) is 0 Å². The number of anilines is 1. The van der Waals surface area contributed by atoms with Crippen LogP contribution in [0, 0.1) is 0 Å². The summed E-state index contributed by atoms with van der Waals surface area (Å²) in [5, 5.41) is 5.51. The van der Waals surface area contributed by atoms with Crippen molar-refractivity contribution in [3.05, 3.63) is 65.1 Å². The summed E-state index contributed by atoms with van der Waals surface area (Å²) in [5.74, 6) is 0. The molecule has 140 valence electrons. The molecule has 0 bridgehead atoms. The summed E-state index contributed by atoms with van der Waals surface area (Å²) in [6, 6.07) is 9.39. The molecule has 11 heteroatoms. The lowest BCUT2D eigenvalue weighted by Crippen LogP contribution is -2.17. The van der Waals surface area contributed by atoms with Gasteiger partial charge in [0.2, 0.25) is 10.0 Å². The second kappa shape index (κ2) is 7.09. The van der Waals surface area contributed by atoms with Gasteiger partial charge >= 0.3 is 6.18 Å². The van der Waals surface area contributed by atoms with Crippen molar-refractivity contribution in [3.63, 3.8) is 0 Å². The summed E-state index contributed by atoms with van der Waals surface area (Å²) >= 11 is 0. The zero-order valence-corrected chi connectivity index (χ0v) is 14.6. The van der Waals surface area contributed by atoms with E-state index < -0.39 is 36.7 Å². The standard InChI is InChI=1S/C15H13F3N2O4S2/c16-15(17,18)12-6-2-1-5-11(12)9-10-25(21,22)20-13-7-3-4-8-14(13)26(19,23)24/h1-10,20H,(H2,19,23,24). The number of benzene rings is 2. The minimum Gasteiger partial charge on any atom is -0.279 e. The molecule has 26 heavy (non-hydrogen) atoms. The number of primary sulfonamides is 1. The van der Waals surface area contributed by atoms with Gasteiger partial charge in [-0.15, -0.1) is 0 Å². The minimum atomic E-state index is -4.65. The van der Waals surface area contributed by atoms with Gasteiger partial charge in [0.05, 0.1) is 16.7 Å². The van der Waals surface area contributed by atoms with E-state index in [9.17, 15) is 30.0 Å². The van der Waals surface area contributed by atoms with Gasteiger partial charge < -0.3 is 0 Å². The van der Waals surface area contributed by atoms with E-state index in [4.69, 9.17) is 5.14 Å². The van der Waals surface area contributed by atoms with Crippen LogP contribution in [0.2, 0.25) is 0 Å². The molecule has 0 aliphatic carbocycles. The summed E-state index contributed by atoms with van der Waals surface area (Å²) in [5.41, 5.74) is -1.68. The second-order valence-electron chi connectivity index (χ2n) is 5.08. The van der Waals surface area contributed by atoms with Crippen LogP contribution < -0.4 is 9.86 Å². The maximum atomic E-state index is 12.9. The zero-order valence-electron chi connectivity index (χ0n) is 12.9. The molecule has 0 radical (unpaired) electrons. The maximum Gasteiger partial charge on any atom is 0.416 e. The number of nitrogens with two attached hydrogens (primary N) is 1. The molecule has 0 aliphatic heterocycles. The van der Waals surface area contributed by atoms with E-state index in [0.29, 0.717) is 5.41 Å². The van der Waals surface area contributed by atoms with E-state index >= 15 is 0 Å². The first-order chi connectivity index (χ1) is 11.9. The molecule has 0 saturated heterocycles. The second-order valence-corrected chi connectivity index (χ2v) is 8.17. The van der Waals surface area contributed by atoms with E-state index in [1.807, 2.05) is 4.72 Å². The Bertz CT molecular complexity index is 1050. The molecule has 2 aromatic carbocycles. The lowest BCUT2D eigenvalue weighted by Gasteiger charge is -2.11. The summed E-state index contributed by atoms with van der Waals surface area (Å²) in [6.45, 7) is 0. The first-order valence-electron chi connectivity index (χ1n) is 6.89. The monoisotopic (exact) mass is 406 g/mol. The van der Waals surface area contributed by atoms with Gasteiger partial charge in [-0.2, -0.15) is 13.2 Å². The van der Waals surface area contributed by atoms with Crippen LogP contribution in [0.4, 0.5) is 18.9 Å². The third kappa shape index (κ3) is 5.07. The molecule has 0 unspecified atom stereocenters. The van der Waals surface area contributed by atoms with E-state index in [-0.39, 0.29) is 11.3 Å². The van der Waals surface area contributed by atoms with Crippen LogP contribution in [0.25, 0.3) is 6.08 Å². The topological polar surface area (TPSA) is 106 Å². The van der Waals surface area contributed by atoms with Crippen LogP contribution in [0.15, 0.2) is 58.8 Å². The van der Waals surface area contributed by atoms with Gasteiger partial charge in [-0.3, -0.25) is 4.72 Å². The summed E-state index contributed by atoms with van der Waals surface area (Å²) in [7, 11) is -8.49. The quantitative estimate of drug-likeness (QED) is 0.796. The number of para-hydroxylation sites is 1. The molecule has 0 aliphatic rings. The molecule has 0 atom stereocenters. The fourth-order valence-corrected chi connectivity index (χ4v) is 3.69. The Balaban J connectivity index is 2.37. The van der Waals surface area contributed by atoms with Crippen LogP contribution in [-0.4, -0.2) is 16.8 Å². The van der Waals surface area contributed by atoms with Crippen molar-refractivity contribution in [3.8, 4) is 0 Å². The molecule has 3 N–H and O–H groups in total. The predicted octanol–water partition coefficient (Wildman–Crippen LogP) is 2.77. The minimum absolute atomic E-state index is 0.316. The Morgan fingerprint density at radius 2 is 1.50 bits per heavy atom. The fraction of sp³-hybridized carbons (Fsp3) is 0.0667. The number of sulfonamides is 2. The molecule has 0 heterocycles. The number of hydrogen-bond donors (Lipinski definition) is 2. The maximum absolute atomic E-state index is 12.9. The third-order valence-corrected chi connectivity index (χ3v) is 5.11. The van der Waals surface area contributed by atoms with Crippen molar-refractivity contribution < 1.29 is 30.0 Å². The average Bonchev–Trinajstić information content (AvgIpc) is 2.51. The first-order valence-corrected chi connectivity index (χ1v) is 9.98. The van der Waals surface area contributed by atoms with E-state index in [2.05, 4.69) is 0 Å². The number of hydrogen-bond acceptors (Lipinski definition) is 4. The molecule has 2 aromatic rings. The number of nitrogens with one attached hydrogen (secondary N) is 1. The Morgan fingerprint density at radius 3 is 2.12 bits per heavy atom. The summed E-state index contributed by atoms with van der Waals surface area (Å²) in [4.78, 5) is -0.465. The van der Waals surface area contributed by atoms with Crippen LogP contribution in [0.5, 0.6) is 0 Å². The molecule has 0 saturated carbocycles. The van der Waals surface area contributed by atoms with Crippen molar-refractivity contribution in [2.45, 2.75) is 11.1 Å². The largest absolute Gasteiger partial charge is 0.416 e. The van der Waals surface area contributed by atoms with Crippen LogP contribution >= 0.6 is 0 Å². The molecule has 6 nitrogen and oxygen atoms in total. The van der Waals surface area contributed by atoms with Gasteiger partial charge in [-0.1, -0.05) is 30.3 Å². The molecule has 0 aromatic heterocycles. The molecule has 0 fully saturated rings. The van der Waals surface area contributed by atoms with Gasteiger partial charge in [0, 0.05) is 0 Å². The van der Waals surface area contributed by atoms with Crippen LogP contribution in [0.3, 0.4) is 0 Å². The predicted molar refractivity (Wildman–Crippen MR) is 90.8 cm³/mol. The van der Waals surface area contributed by atoms with Crippen LogP contribution in [0.1, 0.15) is 11.1 Å². The normalized spacial score (nSPS) is 13.1. The Kier molecular flexibility index (Phi) is 5.44. The molecular formula is C15H13F3N2O4S2. The highest BCUT2D eigenvalue weighted by Crippen LogP contribution is 2.32. The number of alkyl halides is 3. The number of rotatable bonds is 5. The highest BCUT2D eigenvalue weighted by Gasteiger charge is 2.32. The van der Waals surface area contributed by atoms with Gasteiger partial charge in [-0.05, 0) is 29.8 Å². The van der Waals surface area contributed by atoms with E-state index in [1.54, 1.807) is 0 Å². The van der Waals surface area contributed by atoms with E-state index in [1.165, 1.54) is 24.3 Å². The van der Waals surface area contributed by atoms with Gasteiger partial charge in [0.15, 0.2) is 0 Å². The average molecular weight is 406 g/mol. The third-order valence-electron chi connectivity index (χ3n) is 3.14. The fourth-order valence-electron chi connectivity index (χ4n) is 2.05. The summed E-state index contributed by atoms with van der Waals surface area (Å²) in [6.07, 6.45) is -3.89. The highest BCUT2D eigenvalue weighted by atomic mass is 32.2.